The summed E-state index contributed by atoms with van der Waals surface area (Å²) < 4.78 is 32.9. The van der Waals surface area contributed by atoms with Gasteiger partial charge in [-0.1, -0.05) is 11.6 Å². The van der Waals surface area contributed by atoms with E-state index in [1.807, 2.05) is 0 Å². The second-order valence-corrected chi connectivity index (χ2v) is 9.05. The molecule has 1 aromatic carbocycles. The summed E-state index contributed by atoms with van der Waals surface area (Å²) in [5.74, 6) is -1.31. The number of piperidine rings is 1. The number of halogens is 1. The van der Waals surface area contributed by atoms with Crippen molar-refractivity contribution in [2.75, 3.05) is 25.5 Å². The summed E-state index contributed by atoms with van der Waals surface area (Å²) >= 11 is 5.82. The molecule has 9 nitrogen and oxygen atoms in total. The summed E-state index contributed by atoms with van der Waals surface area (Å²) in [6.45, 7) is 0.444. The van der Waals surface area contributed by atoms with Gasteiger partial charge in [0.15, 0.2) is 5.69 Å². The number of amides is 1. The predicted molar refractivity (Wildman–Crippen MR) is 106 cm³/mol. The number of aryl methyl sites for hydroxylation is 1. The highest BCUT2D eigenvalue weighted by Gasteiger charge is 2.32. The molecule has 1 amide bonds. The maximum atomic E-state index is 12.7. The van der Waals surface area contributed by atoms with Gasteiger partial charge in [0.05, 0.1) is 17.7 Å². The van der Waals surface area contributed by atoms with Crippen LogP contribution >= 0.6 is 11.6 Å². The predicted octanol–water partition coefficient (Wildman–Crippen LogP) is 1.90. The number of carbonyl (C=O) groups excluding carboxylic acids is 2. The summed E-state index contributed by atoms with van der Waals surface area (Å²) in [5.41, 5.74) is 0.284. The Morgan fingerprint density at radius 3 is 2.41 bits per heavy atom. The molecular formula is C18H21ClN4O5S. The number of aromatic nitrogens is 2. The molecule has 1 fully saturated rings. The fourth-order valence-electron chi connectivity index (χ4n) is 3.18. The molecule has 1 aliphatic rings. The number of rotatable bonds is 5. The van der Waals surface area contributed by atoms with E-state index < -0.39 is 16.0 Å². The number of esters is 1. The number of hydrogen-bond acceptors (Lipinski definition) is 6. The number of carbonyl (C=O) groups is 2. The SMILES string of the molecule is COC(=O)c1nn(C)cc1NC(=O)C1CCN(S(=O)(=O)c2ccc(Cl)cc2)CC1. The number of hydrogen-bond donors (Lipinski definition) is 1. The Labute approximate surface area is 173 Å². The Morgan fingerprint density at radius 2 is 1.83 bits per heavy atom. The lowest BCUT2D eigenvalue weighted by atomic mass is 9.97. The van der Waals surface area contributed by atoms with E-state index in [-0.39, 0.29) is 41.2 Å². The van der Waals surface area contributed by atoms with Gasteiger partial charge in [0.2, 0.25) is 15.9 Å². The average molecular weight is 441 g/mol. The normalized spacial score (nSPS) is 15.8. The summed E-state index contributed by atoms with van der Waals surface area (Å²) in [4.78, 5) is 24.6. The van der Waals surface area contributed by atoms with Crippen LogP contribution in [-0.2, 0) is 26.6 Å². The summed E-state index contributed by atoms with van der Waals surface area (Å²) in [6.07, 6.45) is 2.25. The van der Waals surface area contributed by atoms with Crippen LogP contribution in [0.2, 0.25) is 5.02 Å². The van der Waals surface area contributed by atoms with Crippen molar-refractivity contribution in [2.24, 2.45) is 13.0 Å². The van der Waals surface area contributed by atoms with Crippen LogP contribution in [0.5, 0.6) is 0 Å². The molecule has 1 aliphatic heterocycles. The molecule has 1 aromatic heterocycles. The lowest BCUT2D eigenvalue weighted by molar-refractivity contribution is -0.120. The average Bonchev–Trinajstić information content (AvgIpc) is 3.07. The number of nitrogens with zero attached hydrogens (tertiary/aromatic N) is 3. The molecule has 2 heterocycles. The first-order valence-corrected chi connectivity index (χ1v) is 10.7. The maximum absolute atomic E-state index is 12.7. The van der Waals surface area contributed by atoms with Gasteiger partial charge in [-0.3, -0.25) is 9.48 Å². The van der Waals surface area contributed by atoms with Gasteiger partial charge in [0, 0.05) is 37.3 Å². The molecule has 156 valence electrons. The molecule has 2 aromatic rings. The van der Waals surface area contributed by atoms with Gasteiger partial charge in [-0.25, -0.2) is 13.2 Å². The molecule has 29 heavy (non-hydrogen) atoms. The van der Waals surface area contributed by atoms with Crippen molar-refractivity contribution in [3.63, 3.8) is 0 Å². The maximum Gasteiger partial charge on any atom is 0.360 e. The Morgan fingerprint density at radius 1 is 1.21 bits per heavy atom. The molecule has 0 bridgehead atoms. The van der Waals surface area contributed by atoms with Crippen LogP contribution in [0.4, 0.5) is 5.69 Å². The highest BCUT2D eigenvalue weighted by atomic mass is 35.5. The molecule has 0 atom stereocenters. The molecule has 0 spiro atoms. The monoisotopic (exact) mass is 440 g/mol. The van der Waals surface area contributed by atoms with E-state index in [0.29, 0.717) is 17.9 Å². The van der Waals surface area contributed by atoms with Crippen molar-refractivity contribution < 1.29 is 22.7 Å². The number of ether oxygens (including phenoxy) is 1. The first-order valence-electron chi connectivity index (χ1n) is 8.91. The Bertz CT molecular complexity index is 1010. The zero-order valence-electron chi connectivity index (χ0n) is 16.0. The third-order valence-corrected chi connectivity index (χ3v) is 6.91. The van der Waals surface area contributed by atoms with E-state index in [4.69, 9.17) is 11.6 Å². The molecule has 0 radical (unpaired) electrons. The van der Waals surface area contributed by atoms with Crippen LogP contribution in [0.15, 0.2) is 35.4 Å². The minimum absolute atomic E-state index is 0.0195. The van der Waals surface area contributed by atoms with Gasteiger partial charge in [0.1, 0.15) is 0 Å². The number of sulfonamides is 1. The highest BCUT2D eigenvalue weighted by molar-refractivity contribution is 7.89. The van der Waals surface area contributed by atoms with Crippen molar-refractivity contribution >= 4 is 39.2 Å². The number of nitrogens with one attached hydrogen (secondary N) is 1. The lowest BCUT2D eigenvalue weighted by Gasteiger charge is -2.30. The van der Waals surface area contributed by atoms with Crippen molar-refractivity contribution in [2.45, 2.75) is 17.7 Å². The van der Waals surface area contributed by atoms with Gasteiger partial charge in [-0.05, 0) is 37.1 Å². The molecule has 1 N–H and O–H groups in total. The van der Waals surface area contributed by atoms with Crippen LogP contribution in [-0.4, -0.2) is 54.6 Å². The van der Waals surface area contributed by atoms with Crippen LogP contribution in [0.3, 0.4) is 0 Å². The van der Waals surface area contributed by atoms with Crippen molar-refractivity contribution in [3.05, 3.63) is 41.2 Å². The van der Waals surface area contributed by atoms with Crippen molar-refractivity contribution in [1.82, 2.24) is 14.1 Å². The summed E-state index contributed by atoms with van der Waals surface area (Å²) in [5, 5.41) is 7.16. The van der Waals surface area contributed by atoms with Crippen LogP contribution in [0.1, 0.15) is 23.3 Å². The van der Waals surface area contributed by atoms with E-state index >= 15 is 0 Å². The van der Waals surface area contributed by atoms with Gasteiger partial charge >= 0.3 is 5.97 Å². The number of methoxy groups -OCH3 is 1. The van der Waals surface area contributed by atoms with Crippen LogP contribution in [0, 0.1) is 5.92 Å². The van der Waals surface area contributed by atoms with Crippen LogP contribution in [0.25, 0.3) is 0 Å². The molecular weight excluding hydrogens is 420 g/mol. The molecule has 0 unspecified atom stereocenters. The fraction of sp³-hybridized carbons (Fsp3) is 0.389. The van der Waals surface area contributed by atoms with E-state index in [0.717, 1.165) is 0 Å². The summed E-state index contributed by atoms with van der Waals surface area (Å²) in [7, 11) is -0.774. The van der Waals surface area contributed by atoms with E-state index in [2.05, 4.69) is 15.2 Å². The standard InChI is InChI=1S/C18H21ClN4O5S/c1-22-11-15(16(21-22)18(25)28-2)20-17(24)12-7-9-23(10-8-12)29(26,27)14-5-3-13(19)4-6-14/h3-6,11-12H,7-10H2,1-2H3,(H,20,24). The zero-order valence-corrected chi connectivity index (χ0v) is 17.5. The van der Waals surface area contributed by atoms with Gasteiger partial charge < -0.3 is 10.1 Å². The van der Waals surface area contributed by atoms with Crippen molar-refractivity contribution in [1.29, 1.82) is 0 Å². The Kier molecular flexibility index (Phi) is 6.25. The minimum atomic E-state index is -3.64. The first-order chi connectivity index (χ1) is 13.7. The quantitative estimate of drug-likeness (QED) is 0.711. The lowest BCUT2D eigenvalue weighted by Crippen LogP contribution is -2.41. The zero-order chi connectivity index (χ0) is 21.2. The molecule has 3 rings (SSSR count). The molecule has 0 aliphatic carbocycles. The van der Waals surface area contributed by atoms with Crippen molar-refractivity contribution in [3.8, 4) is 0 Å². The molecule has 11 heteroatoms. The van der Waals surface area contributed by atoms with E-state index in [9.17, 15) is 18.0 Å². The smallest absolute Gasteiger partial charge is 0.360 e. The number of benzene rings is 1. The highest BCUT2D eigenvalue weighted by Crippen LogP contribution is 2.26. The fourth-order valence-corrected chi connectivity index (χ4v) is 4.77. The molecule has 0 saturated carbocycles. The second-order valence-electron chi connectivity index (χ2n) is 6.68. The third kappa shape index (κ3) is 4.60. The summed E-state index contributed by atoms with van der Waals surface area (Å²) in [6, 6.07) is 5.99. The molecule has 1 saturated heterocycles. The Hall–Kier alpha value is -2.43. The third-order valence-electron chi connectivity index (χ3n) is 4.74. The Balaban J connectivity index is 1.64. The minimum Gasteiger partial charge on any atom is -0.464 e. The van der Waals surface area contributed by atoms with Crippen LogP contribution < -0.4 is 5.32 Å². The van der Waals surface area contributed by atoms with Gasteiger partial charge in [-0.15, -0.1) is 0 Å². The first kappa shape index (κ1) is 21.3. The second kappa shape index (κ2) is 8.52. The topological polar surface area (TPSA) is 111 Å². The largest absolute Gasteiger partial charge is 0.464 e. The number of anilines is 1. The van der Waals surface area contributed by atoms with E-state index in [1.54, 1.807) is 7.05 Å². The van der Waals surface area contributed by atoms with Gasteiger partial charge in [0.25, 0.3) is 0 Å². The van der Waals surface area contributed by atoms with Gasteiger partial charge in [-0.2, -0.15) is 9.40 Å². The van der Waals surface area contributed by atoms with E-state index in [1.165, 1.54) is 46.6 Å².